The SMILES string of the molecule is CC(Nc1ccccc1-c1cccs1)c1cccc(O)c1. The van der Waals surface area contributed by atoms with E-state index in [0.717, 1.165) is 11.3 Å². The topological polar surface area (TPSA) is 32.3 Å². The second-order valence-corrected chi connectivity index (χ2v) is 5.93. The lowest BCUT2D eigenvalue weighted by Crippen LogP contribution is -2.07. The largest absolute Gasteiger partial charge is 0.508 e. The van der Waals surface area contributed by atoms with Crippen LogP contribution in [0.15, 0.2) is 66.0 Å². The number of nitrogens with one attached hydrogen (secondary N) is 1. The smallest absolute Gasteiger partial charge is 0.115 e. The summed E-state index contributed by atoms with van der Waals surface area (Å²) in [5.74, 6) is 0.299. The number of benzene rings is 2. The summed E-state index contributed by atoms with van der Waals surface area (Å²) in [5, 5.41) is 15.2. The zero-order chi connectivity index (χ0) is 14.7. The third kappa shape index (κ3) is 3.09. The molecule has 0 saturated heterocycles. The first-order valence-electron chi connectivity index (χ1n) is 6.92. The van der Waals surface area contributed by atoms with Crippen LogP contribution in [0.2, 0.25) is 0 Å². The monoisotopic (exact) mass is 295 g/mol. The Morgan fingerprint density at radius 3 is 2.62 bits per heavy atom. The number of aromatic hydroxyl groups is 1. The summed E-state index contributed by atoms with van der Waals surface area (Å²) in [4.78, 5) is 1.25. The summed E-state index contributed by atoms with van der Waals surface area (Å²) in [6.45, 7) is 2.10. The van der Waals surface area contributed by atoms with Crippen LogP contribution in [0.5, 0.6) is 5.75 Å². The quantitative estimate of drug-likeness (QED) is 0.685. The highest BCUT2D eigenvalue weighted by Crippen LogP contribution is 2.33. The van der Waals surface area contributed by atoms with E-state index in [2.05, 4.69) is 48.0 Å². The second kappa shape index (κ2) is 6.02. The molecule has 0 spiro atoms. The van der Waals surface area contributed by atoms with Gasteiger partial charge in [-0.05, 0) is 42.1 Å². The Labute approximate surface area is 128 Å². The summed E-state index contributed by atoms with van der Waals surface area (Å²) in [6.07, 6.45) is 0. The molecular formula is C18H17NOS. The molecule has 0 aliphatic heterocycles. The van der Waals surface area contributed by atoms with Crippen LogP contribution in [0, 0.1) is 0 Å². The minimum Gasteiger partial charge on any atom is -0.508 e. The number of hydrogen-bond donors (Lipinski definition) is 2. The lowest BCUT2D eigenvalue weighted by atomic mass is 10.1. The highest BCUT2D eigenvalue weighted by molar-refractivity contribution is 7.13. The van der Waals surface area contributed by atoms with Gasteiger partial charge in [-0.25, -0.2) is 0 Å². The Hall–Kier alpha value is -2.26. The molecule has 0 fully saturated rings. The van der Waals surface area contributed by atoms with Gasteiger partial charge >= 0.3 is 0 Å². The number of rotatable bonds is 4. The fraction of sp³-hybridized carbons (Fsp3) is 0.111. The minimum absolute atomic E-state index is 0.123. The van der Waals surface area contributed by atoms with Crippen LogP contribution in [0.1, 0.15) is 18.5 Å². The fourth-order valence-corrected chi connectivity index (χ4v) is 3.13. The molecule has 2 aromatic carbocycles. The van der Waals surface area contributed by atoms with Crippen molar-refractivity contribution in [2.45, 2.75) is 13.0 Å². The van der Waals surface area contributed by atoms with Crippen molar-refractivity contribution in [1.82, 2.24) is 0 Å². The minimum atomic E-state index is 0.123. The van der Waals surface area contributed by atoms with E-state index < -0.39 is 0 Å². The first-order valence-corrected chi connectivity index (χ1v) is 7.80. The third-order valence-electron chi connectivity index (χ3n) is 3.46. The van der Waals surface area contributed by atoms with Gasteiger partial charge in [0.25, 0.3) is 0 Å². The van der Waals surface area contributed by atoms with Gasteiger partial charge < -0.3 is 10.4 Å². The molecule has 0 amide bonds. The van der Waals surface area contributed by atoms with E-state index in [1.807, 2.05) is 18.2 Å². The molecule has 1 unspecified atom stereocenters. The molecule has 0 saturated carbocycles. The van der Waals surface area contributed by atoms with Crippen molar-refractivity contribution in [3.8, 4) is 16.2 Å². The molecule has 2 nitrogen and oxygen atoms in total. The maximum absolute atomic E-state index is 9.61. The van der Waals surface area contributed by atoms with Crippen LogP contribution in [0.25, 0.3) is 10.4 Å². The van der Waals surface area contributed by atoms with Gasteiger partial charge in [-0.1, -0.05) is 36.4 Å². The Morgan fingerprint density at radius 2 is 1.86 bits per heavy atom. The molecule has 0 aliphatic carbocycles. The number of phenolic OH excluding ortho intramolecular Hbond substituents is 1. The zero-order valence-electron chi connectivity index (χ0n) is 11.8. The van der Waals surface area contributed by atoms with Gasteiger partial charge in [0.15, 0.2) is 0 Å². The predicted octanol–water partition coefficient (Wildman–Crippen LogP) is 5.29. The van der Waals surface area contributed by atoms with Crippen molar-refractivity contribution < 1.29 is 5.11 Å². The van der Waals surface area contributed by atoms with Gasteiger partial charge in [-0.3, -0.25) is 0 Å². The Morgan fingerprint density at radius 1 is 1.00 bits per heavy atom. The van der Waals surface area contributed by atoms with Crippen LogP contribution in [0.3, 0.4) is 0 Å². The maximum atomic E-state index is 9.61. The van der Waals surface area contributed by atoms with Crippen LogP contribution in [0.4, 0.5) is 5.69 Å². The number of anilines is 1. The van der Waals surface area contributed by atoms with Gasteiger partial charge in [-0.15, -0.1) is 11.3 Å². The van der Waals surface area contributed by atoms with Gasteiger partial charge in [0.2, 0.25) is 0 Å². The summed E-state index contributed by atoms with van der Waals surface area (Å²) >= 11 is 1.74. The highest BCUT2D eigenvalue weighted by Gasteiger charge is 2.10. The summed E-state index contributed by atoms with van der Waals surface area (Å²) in [7, 11) is 0. The Bertz CT molecular complexity index is 722. The molecule has 0 aliphatic rings. The average Bonchev–Trinajstić information content (AvgIpc) is 3.02. The molecule has 1 atom stereocenters. The van der Waals surface area contributed by atoms with Gasteiger partial charge in [0.05, 0.1) is 0 Å². The molecule has 21 heavy (non-hydrogen) atoms. The normalized spacial score (nSPS) is 12.0. The number of hydrogen-bond acceptors (Lipinski definition) is 3. The van der Waals surface area contributed by atoms with Crippen LogP contribution >= 0.6 is 11.3 Å². The predicted molar refractivity (Wildman–Crippen MR) is 89.9 cm³/mol. The molecule has 0 bridgehead atoms. The van der Waals surface area contributed by atoms with E-state index in [-0.39, 0.29) is 6.04 Å². The van der Waals surface area contributed by atoms with Crippen molar-refractivity contribution in [2.24, 2.45) is 0 Å². The highest BCUT2D eigenvalue weighted by atomic mass is 32.1. The average molecular weight is 295 g/mol. The van der Waals surface area contributed by atoms with Gasteiger partial charge in [0.1, 0.15) is 5.75 Å². The molecule has 3 aromatic rings. The van der Waals surface area contributed by atoms with E-state index in [9.17, 15) is 5.11 Å². The lowest BCUT2D eigenvalue weighted by Gasteiger charge is -2.18. The van der Waals surface area contributed by atoms with Crippen molar-refractivity contribution in [2.75, 3.05) is 5.32 Å². The van der Waals surface area contributed by atoms with Crippen molar-refractivity contribution in [3.63, 3.8) is 0 Å². The first-order chi connectivity index (χ1) is 10.2. The van der Waals surface area contributed by atoms with E-state index in [4.69, 9.17) is 0 Å². The summed E-state index contributed by atoms with van der Waals surface area (Å²) < 4.78 is 0. The van der Waals surface area contributed by atoms with Gasteiger partial charge in [-0.2, -0.15) is 0 Å². The number of para-hydroxylation sites is 1. The second-order valence-electron chi connectivity index (χ2n) is 4.98. The lowest BCUT2D eigenvalue weighted by molar-refractivity contribution is 0.474. The van der Waals surface area contributed by atoms with Crippen molar-refractivity contribution in [3.05, 3.63) is 71.6 Å². The molecule has 0 radical (unpaired) electrons. The molecule has 2 N–H and O–H groups in total. The van der Waals surface area contributed by atoms with Crippen molar-refractivity contribution >= 4 is 17.0 Å². The fourth-order valence-electron chi connectivity index (χ4n) is 2.37. The number of phenols is 1. The first kappa shape index (κ1) is 13.7. The summed E-state index contributed by atoms with van der Waals surface area (Å²) in [6, 6.07) is 20.0. The molecule has 106 valence electrons. The van der Waals surface area contributed by atoms with Crippen LogP contribution < -0.4 is 5.32 Å². The van der Waals surface area contributed by atoms with Gasteiger partial charge in [0, 0.05) is 22.2 Å². The Kier molecular flexibility index (Phi) is 3.93. The summed E-state index contributed by atoms with van der Waals surface area (Å²) in [5.41, 5.74) is 3.38. The van der Waals surface area contributed by atoms with Crippen LogP contribution in [-0.2, 0) is 0 Å². The third-order valence-corrected chi connectivity index (χ3v) is 4.36. The Balaban J connectivity index is 1.88. The van der Waals surface area contributed by atoms with Crippen LogP contribution in [-0.4, -0.2) is 5.11 Å². The molecule has 3 heteroatoms. The van der Waals surface area contributed by atoms with E-state index in [0.29, 0.717) is 5.75 Å². The van der Waals surface area contributed by atoms with E-state index in [1.165, 1.54) is 10.4 Å². The zero-order valence-corrected chi connectivity index (χ0v) is 12.6. The standard InChI is InChI=1S/C18H17NOS/c1-13(14-6-4-7-15(20)12-14)19-17-9-3-2-8-16(17)18-10-5-11-21-18/h2-13,19-20H,1H3. The maximum Gasteiger partial charge on any atom is 0.115 e. The van der Waals surface area contributed by atoms with Crippen molar-refractivity contribution in [1.29, 1.82) is 0 Å². The molecule has 1 aromatic heterocycles. The van der Waals surface area contributed by atoms with E-state index in [1.54, 1.807) is 23.5 Å². The molecular weight excluding hydrogens is 278 g/mol. The molecule has 3 rings (SSSR count). The number of thiophene rings is 1. The molecule has 1 heterocycles. The van der Waals surface area contributed by atoms with E-state index >= 15 is 0 Å².